The number of rotatable bonds is 5. The van der Waals surface area contributed by atoms with Crippen LogP contribution in [0.2, 0.25) is 0 Å². The Bertz CT molecular complexity index is 949. The number of hydrogen-bond donors (Lipinski definition) is 2. The average molecular weight is 380 g/mol. The third-order valence-electron chi connectivity index (χ3n) is 4.87. The van der Waals surface area contributed by atoms with Gasteiger partial charge in [0.1, 0.15) is 5.82 Å². The first-order chi connectivity index (χ1) is 13.7. The molecule has 0 bridgehead atoms. The lowest BCUT2D eigenvalue weighted by Gasteiger charge is -2.21. The number of aromatic nitrogens is 2. The van der Waals surface area contributed by atoms with E-state index in [0.29, 0.717) is 23.6 Å². The maximum atomic E-state index is 13.7. The van der Waals surface area contributed by atoms with Gasteiger partial charge in [0.05, 0.1) is 5.56 Å². The monoisotopic (exact) mass is 380 g/mol. The number of amides is 1. The minimum absolute atomic E-state index is 0.00177. The molecule has 1 amide bonds. The number of carbonyl (C=O) groups excluding carboxylic acids is 1. The van der Waals surface area contributed by atoms with Gasteiger partial charge in [-0.05, 0) is 49.2 Å². The van der Waals surface area contributed by atoms with E-state index in [2.05, 4.69) is 20.8 Å². The number of nitrogens with zero attached hydrogens (tertiary/aromatic N) is 2. The van der Waals surface area contributed by atoms with Gasteiger partial charge in [-0.2, -0.15) is 0 Å². The summed E-state index contributed by atoms with van der Waals surface area (Å²) in [5, 5.41) is 14.1. The fourth-order valence-electron chi connectivity index (χ4n) is 3.36. The van der Waals surface area contributed by atoms with Crippen LogP contribution in [0.4, 0.5) is 16.1 Å². The highest BCUT2D eigenvalue weighted by Gasteiger charge is 2.17. The highest BCUT2D eigenvalue weighted by Crippen LogP contribution is 2.25. The van der Waals surface area contributed by atoms with Crippen LogP contribution in [-0.2, 0) is 0 Å². The Labute approximate surface area is 162 Å². The summed E-state index contributed by atoms with van der Waals surface area (Å²) in [6.07, 6.45) is 5.97. The molecule has 28 heavy (non-hydrogen) atoms. The lowest BCUT2D eigenvalue weighted by atomic mass is 9.96. The fraction of sp³-hybridized carbons (Fsp3) is 0.286. The zero-order valence-corrected chi connectivity index (χ0v) is 15.3. The number of carbonyl (C=O) groups is 1. The van der Waals surface area contributed by atoms with Crippen molar-refractivity contribution in [2.75, 3.05) is 10.6 Å². The number of halogens is 1. The van der Waals surface area contributed by atoms with Crippen LogP contribution in [0.3, 0.4) is 0 Å². The summed E-state index contributed by atoms with van der Waals surface area (Å²) in [6, 6.07) is 13.7. The van der Waals surface area contributed by atoms with E-state index >= 15 is 0 Å². The highest BCUT2D eigenvalue weighted by molar-refractivity contribution is 6.04. The summed E-state index contributed by atoms with van der Waals surface area (Å²) in [7, 11) is 0. The zero-order chi connectivity index (χ0) is 19.3. The minimum Gasteiger partial charge on any atom is -0.403 e. The van der Waals surface area contributed by atoms with Crippen molar-refractivity contribution in [1.82, 2.24) is 10.2 Å². The largest absolute Gasteiger partial charge is 0.403 e. The third-order valence-corrected chi connectivity index (χ3v) is 4.87. The molecular weight excluding hydrogens is 359 g/mol. The zero-order valence-electron chi connectivity index (χ0n) is 15.3. The SMILES string of the molecule is O=C(Nc1ccc(-c2nnc(NC3CCCCC3)o2)cc1)c1ccccc1F. The molecule has 2 N–H and O–H groups in total. The van der Waals surface area contributed by atoms with E-state index < -0.39 is 11.7 Å². The summed E-state index contributed by atoms with van der Waals surface area (Å²) in [6.45, 7) is 0. The normalized spacial score (nSPS) is 14.6. The molecule has 3 aromatic rings. The molecular formula is C21H21FN4O2. The minimum atomic E-state index is -0.555. The van der Waals surface area contributed by atoms with Crippen molar-refractivity contribution < 1.29 is 13.6 Å². The van der Waals surface area contributed by atoms with Gasteiger partial charge in [-0.25, -0.2) is 4.39 Å². The molecule has 0 spiro atoms. The van der Waals surface area contributed by atoms with Gasteiger partial charge in [0.2, 0.25) is 5.89 Å². The van der Waals surface area contributed by atoms with E-state index in [1.807, 2.05) is 0 Å². The first kappa shape index (κ1) is 18.2. The van der Waals surface area contributed by atoms with Crippen molar-refractivity contribution in [3.05, 3.63) is 59.9 Å². The summed E-state index contributed by atoms with van der Waals surface area (Å²) in [5.74, 6) is -0.645. The Morgan fingerprint density at radius 2 is 1.75 bits per heavy atom. The molecule has 7 heteroatoms. The van der Waals surface area contributed by atoms with Crippen LogP contribution >= 0.6 is 0 Å². The lowest BCUT2D eigenvalue weighted by Crippen LogP contribution is -2.22. The van der Waals surface area contributed by atoms with Gasteiger partial charge in [0, 0.05) is 17.3 Å². The van der Waals surface area contributed by atoms with E-state index in [1.54, 1.807) is 36.4 Å². The van der Waals surface area contributed by atoms with Crippen LogP contribution < -0.4 is 10.6 Å². The Kier molecular flexibility index (Phi) is 5.32. The third kappa shape index (κ3) is 4.19. The van der Waals surface area contributed by atoms with Crippen LogP contribution in [0.5, 0.6) is 0 Å². The quantitative estimate of drug-likeness (QED) is 0.660. The summed E-state index contributed by atoms with van der Waals surface area (Å²) in [4.78, 5) is 12.2. The van der Waals surface area contributed by atoms with Gasteiger partial charge < -0.3 is 15.1 Å². The van der Waals surface area contributed by atoms with Gasteiger partial charge in [0.15, 0.2) is 0 Å². The van der Waals surface area contributed by atoms with Crippen molar-refractivity contribution in [3.63, 3.8) is 0 Å². The number of nitrogens with one attached hydrogen (secondary N) is 2. The molecule has 2 aromatic carbocycles. The molecule has 1 heterocycles. The molecule has 1 aliphatic rings. The van der Waals surface area contributed by atoms with Gasteiger partial charge in [-0.3, -0.25) is 4.79 Å². The molecule has 0 unspecified atom stereocenters. The maximum absolute atomic E-state index is 13.7. The van der Waals surface area contributed by atoms with Crippen LogP contribution in [-0.4, -0.2) is 22.1 Å². The first-order valence-corrected chi connectivity index (χ1v) is 9.45. The Morgan fingerprint density at radius 1 is 1.00 bits per heavy atom. The second-order valence-corrected chi connectivity index (χ2v) is 6.90. The molecule has 1 aromatic heterocycles. The fourth-order valence-corrected chi connectivity index (χ4v) is 3.36. The molecule has 0 saturated heterocycles. The molecule has 1 saturated carbocycles. The van der Waals surface area contributed by atoms with E-state index in [0.717, 1.165) is 18.4 Å². The van der Waals surface area contributed by atoms with Crippen molar-refractivity contribution >= 4 is 17.6 Å². The van der Waals surface area contributed by atoms with Crippen LogP contribution in [0, 0.1) is 5.82 Å². The molecule has 144 valence electrons. The van der Waals surface area contributed by atoms with Crippen LogP contribution in [0.1, 0.15) is 42.5 Å². The van der Waals surface area contributed by atoms with E-state index in [1.165, 1.54) is 31.4 Å². The van der Waals surface area contributed by atoms with E-state index in [-0.39, 0.29) is 5.56 Å². The van der Waals surface area contributed by atoms with Crippen molar-refractivity contribution in [3.8, 4) is 11.5 Å². The molecule has 1 fully saturated rings. The van der Waals surface area contributed by atoms with Crippen molar-refractivity contribution in [2.24, 2.45) is 0 Å². The lowest BCUT2D eigenvalue weighted by molar-refractivity contribution is 0.102. The number of benzene rings is 2. The Balaban J connectivity index is 1.40. The predicted molar refractivity (Wildman–Crippen MR) is 105 cm³/mol. The van der Waals surface area contributed by atoms with Crippen molar-refractivity contribution in [2.45, 2.75) is 38.1 Å². The van der Waals surface area contributed by atoms with Gasteiger partial charge in [-0.15, -0.1) is 5.10 Å². The van der Waals surface area contributed by atoms with E-state index in [9.17, 15) is 9.18 Å². The molecule has 4 rings (SSSR count). The standard InChI is InChI=1S/C21H21FN4O2/c22-18-9-5-4-8-17(18)19(27)23-16-12-10-14(11-13-16)20-25-26-21(28-20)24-15-6-2-1-3-7-15/h4-5,8-13,15H,1-3,6-7H2,(H,23,27)(H,24,26). The Hall–Kier alpha value is -3.22. The Morgan fingerprint density at radius 3 is 2.50 bits per heavy atom. The topological polar surface area (TPSA) is 80.0 Å². The van der Waals surface area contributed by atoms with Gasteiger partial charge >= 0.3 is 6.01 Å². The molecule has 1 aliphatic carbocycles. The van der Waals surface area contributed by atoms with E-state index in [4.69, 9.17) is 4.42 Å². The second-order valence-electron chi connectivity index (χ2n) is 6.90. The highest BCUT2D eigenvalue weighted by atomic mass is 19.1. The molecule has 0 aliphatic heterocycles. The second kappa shape index (κ2) is 8.21. The number of hydrogen-bond acceptors (Lipinski definition) is 5. The maximum Gasteiger partial charge on any atom is 0.315 e. The summed E-state index contributed by atoms with van der Waals surface area (Å²) < 4.78 is 19.4. The average Bonchev–Trinajstić information content (AvgIpc) is 3.18. The smallest absolute Gasteiger partial charge is 0.315 e. The predicted octanol–water partition coefficient (Wildman–Crippen LogP) is 4.87. The van der Waals surface area contributed by atoms with Crippen molar-refractivity contribution in [1.29, 1.82) is 0 Å². The summed E-state index contributed by atoms with van der Waals surface area (Å²) >= 11 is 0. The first-order valence-electron chi connectivity index (χ1n) is 9.45. The number of anilines is 2. The van der Waals surface area contributed by atoms with Gasteiger partial charge in [0.25, 0.3) is 5.91 Å². The van der Waals surface area contributed by atoms with Crippen LogP contribution in [0.15, 0.2) is 52.9 Å². The molecule has 6 nitrogen and oxygen atoms in total. The van der Waals surface area contributed by atoms with Crippen LogP contribution in [0.25, 0.3) is 11.5 Å². The molecule has 0 radical (unpaired) electrons. The summed E-state index contributed by atoms with van der Waals surface area (Å²) in [5.41, 5.74) is 1.30. The molecule has 0 atom stereocenters. The van der Waals surface area contributed by atoms with Gasteiger partial charge in [-0.1, -0.05) is 36.5 Å².